The smallest absolute Gasteiger partial charge is 0.256 e. The average Bonchev–Trinajstić information content (AvgIpc) is 3.09. The summed E-state index contributed by atoms with van der Waals surface area (Å²) < 4.78 is 5.47. The molecule has 2 heterocycles. The van der Waals surface area contributed by atoms with Crippen molar-refractivity contribution in [3.63, 3.8) is 0 Å². The van der Waals surface area contributed by atoms with Crippen LogP contribution in [0.15, 0.2) is 48.5 Å². The van der Waals surface area contributed by atoms with Crippen LogP contribution in [0.25, 0.3) is 0 Å². The number of aryl methyl sites for hydroxylation is 1. The quantitative estimate of drug-likeness (QED) is 0.505. The van der Waals surface area contributed by atoms with Crippen molar-refractivity contribution in [1.29, 1.82) is 0 Å². The fourth-order valence-electron chi connectivity index (χ4n) is 4.74. The number of anilines is 2. The molecule has 1 N–H and O–H groups in total. The van der Waals surface area contributed by atoms with E-state index in [0.717, 1.165) is 42.6 Å². The monoisotopic (exact) mass is 508 g/mol. The summed E-state index contributed by atoms with van der Waals surface area (Å²) in [4.78, 5) is 32.6. The number of likely N-dealkylation sites (tertiary alicyclic amines) is 1. The topological polar surface area (TPSA) is 65.1 Å². The summed E-state index contributed by atoms with van der Waals surface area (Å²) >= 11 is 5.81. The Morgan fingerprint density at radius 1 is 1.06 bits per heavy atom. The molecular weight excluding hydrogens is 472 g/mol. The van der Waals surface area contributed by atoms with Crippen LogP contribution in [0.2, 0.25) is 0 Å². The van der Waals surface area contributed by atoms with Gasteiger partial charge in [0.2, 0.25) is 5.91 Å². The van der Waals surface area contributed by atoms with Crippen molar-refractivity contribution >= 4 is 40.5 Å². The van der Waals surface area contributed by atoms with Crippen LogP contribution in [0.1, 0.15) is 38.7 Å². The molecule has 0 radical (unpaired) electrons. The number of carbonyl (C=O) groups is 2. The molecule has 0 aliphatic carbocycles. The van der Waals surface area contributed by atoms with E-state index in [9.17, 15) is 9.59 Å². The summed E-state index contributed by atoms with van der Waals surface area (Å²) in [5, 5.41) is 3.39. The van der Waals surface area contributed by atoms with Gasteiger partial charge in [-0.1, -0.05) is 24.6 Å². The van der Waals surface area contributed by atoms with E-state index in [1.165, 1.54) is 12.8 Å². The van der Waals surface area contributed by atoms with E-state index in [1.54, 1.807) is 17.0 Å². The van der Waals surface area contributed by atoms with E-state index in [2.05, 4.69) is 17.1 Å². The molecule has 2 aromatic carbocycles. The van der Waals surface area contributed by atoms with E-state index in [-0.39, 0.29) is 18.2 Å². The van der Waals surface area contributed by atoms with E-state index in [1.807, 2.05) is 55.1 Å². The van der Waals surface area contributed by atoms with Gasteiger partial charge in [-0.25, -0.2) is 0 Å². The van der Waals surface area contributed by atoms with Gasteiger partial charge in [-0.05, 0) is 94.3 Å². The standard InChI is InChI=1S/C28H36N4O3S/c1-4-35-24-11-7-22(8-12-24)29-26(33)19-25-27(34)32(23-9-5-20(2)6-10-23)28(36)31(25)18-17-30-15-13-21(3)14-16-30/h5-12,21,25H,4,13-19H2,1-3H3,(H,29,33). The lowest BCUT2D eigenvalue weighted by atomic mass is 9.99. The molecule has 0 aromatic heterocycles. The van der Waals surface area contributed by atoms with Gasteiger partial charge in [-0.3, -0.25) is 14.5 Å². The Balaban J connectivity index is 1.47. The lowest BCUT2D eigenvalue weighted by Gasteiger charge is -2.32. The molecule has 2 fully saturated rings. The molecule has 36 heavy (non-hydrogen) atoms. The number of nitrogens with zero attached hydrogens (tertiary/aromatic N) is 3. The molecule has 7 nitrogen and oxygen atoms in total. The highest BCUT2D eigenvalue weighted by atomic mass is 32.1. The number of nitrogens with one attached hydrogen (secondary N) is 1. The average molecular weight is 509 g/mol. The molecule has 2 saturated heterocycles. The highest BCUT2D eigenvalue weighted by molar-refractivity contribution is 7.80. The van der Waals surface area contributed by atoms with Gasteiger partial charge in [-0.2, -0.15) is 0 Å². The molecule has 2 amide bonds. The fourth-order valence-corrected chi connectivity index (χ4v) is 5.16. The van der Waals surface area contributed by atoms with Gasteiger partial charge < -0.3 is 19.9 Å². The third-order valence-corrected chi connectivity index (χ3v) is 7.39. The zero-order chi connectivity index (χ0) is 25.7. The second kappa shape index (κ2) is 11.8. The summed E-state index contributed by atoms with van der Waals surface area (Å²) in [6.45, 7) is 10.4. The number of hydrogen-bond acceptors (Lipinski definition) is 5. The summed E-state index contributed by atoms with van der Waals surface area (Å²) in [6.07, 6.45) is 2.41. The number of hydrogen-bond donors (Lipinski definition) is 1. The summed E-state index contributed by atoms with van der Waals surface area (Å²) in [7, 11) is 0. The van der Waals surface area contributed by atoms with Gasteiger partial charge in [-0.15, -0.1) is 0 Å². The van der Waals surface area contributed by atoms with E-state index in [0.29, 0.717) is 24.0 Å². The summed E-state index contributed by atoms with van der Waals surface area (Å²) in [5.41, 5.74) is 2.52. The predicted octanol–water partition coefficient (Wildman–Crippen LogP) is 4.46. The van der Waals surface area contributed by atoms with Crippen LogP contribution < -0.4 is 15.0 Å². The lowest BCUT2D eigenvalue weighted by molar-refractivity contribution is -0.124. The van der Waals surface area contributed by atoms with E-state index >= 15 is 0 Å². The van der Waals surface area contributed by atoms with Gasteiger partial charge in [0.25, 0.3) is 5.91 Å². The second-order valence-electron chi connectivity index (χ2n) is 9.73. The Hall–Kier alpha value is -2.97. The molecular formula is C28H36N4O3S. The molecule has 1 atom stereocenters. The predicted molar refractivity (Wildman–Crippen MR) is 147 cm³/mol. The summed E-state index contributed by atoms with van der Waals surface area (Å²) in [5.74, 6) is 1.13. The minimum Gasteiger partial charge on any atom is -0.494 e. The van der Waals surface area contributed by atoms with Crippen molar-refractivity contribution in [2.45, 2.75) is 46.1 Å². The van der Waals surface area contributed by atoms with Crippen LogP contribution >= 0.6 is 12.2 Å². The van der Waals surface area contributed by atoms with Gasteiger partial charge in [0.05, 0.1) is 18.7 Å². The van der Waals surface area contributed by atoms with Crippen LogP contribution in [-0.4, -0.2) is 65.6 Å². The number of piperidine rings is 1. The van der Waals surface area contributed by atoms with Crippen LogP contribution in [0, 0.1) is 12.8 Å². The Morgan fingerprint density at radius 2 is 1.72 bits per heavy atom. The molecule has 2 aliphatic heterocycles. The molecule has 8 heteroatoms. The highest BCUT2D eigenvalue weighted by Crippen LogP contribution is 2.28. The molecule has 2 aliphatic rings. The van der Waals surface area contributed by atoms with Crippen molar-refractivity contribution in [2.75, 3.05) is 43.0 Å². The lowest BCUT2D eigenvalue weighted by Crippen LogP contribution is -2.44. The van der Waals surface area contributed by atoms with Crippen LogP contribution in [0.5, 0.6) is 5.75 Å². The SMILES string of the molecule is CCOc1ccc(NC(=O)CC2C(=O)N(c3ccc(C)cc3)C(=S)N2CCN2CCC(C)CC2)cc1. The maximum absolute atomic E-state index is 13.6. The van der Waals surface area contributed by atoms with Crippen LogP contribution in [-0.2, 0) is 9.59 Å². The fraction of sp³-hybridized carbons (Fsp3) is 0.464. The van der Waals surface area contributed by atoms with Crippen LogP contribution in [0.4, 0.5) is 11.4 Å². The number of amides is 2. The van der Waals surface area contributed by atoms with Crippen LogP contribution in [0.3, 0.4) is 0 Å². The van der Waals surface area contributed by atoms with Gasteiger partial charge in [0.1, 0.15) is 11.8 Å². The minimum atomic E-state index is -0.634. The van der Waals surface area contributed by atoms with Crippen molar-refractivity contribution in [2.24, 2.45) is 5.92 Å². The van der Waals surface area contributed by atoms with Crippen molar-refractivity contribution in [1.82, 2.24) is 9.80 Å². The molecule has 0 spiro atoms. The number of rotatable bonds is 9. The largest absolute Gasteiger partial charge is 0.494 e. The van der Waals surface area contributed by atoms with E-state index < -0.39 is 6.04 Å². The first-order chi connectivity index (χ1) is 17.4. The molecule has 4 rings (SSSR count). The van der Waals surface area contributed by atoms with Gasteiger partial charge in [0.15, 0.2) is 5.11 Å². The number of carbonyl (C=O) groups excluding carboxylic acids is 2. The van der Waals surface area contributed by atoms with E-state index in [4.69, 9.17) is 17.0 Å². The first-order valence-corrected chi connectivity index (χ1v) is 13.2. The first kappa shape index (κ1) is 26.1. The Labute approximate surface area is 219 Å². The number of ether oxygens (including phenoxy) is 1. The maximum atomic E-state index is 13.6. The zero-order valence-electron chi connectivity index (χ0n) is 21.4. The van der Waals surface area contributed by atoms with Crippen molar-refractivity contribution < 1.29 is 14.3 Å². The minimum absolute atomic E-state index is 0.0333. The van der Waals surface area contributed by atoms with Gasteiger partial charge in [0, 0.05) is 18.8 Å². The second-order valence-corrected chi connectivity index (χ2v) is 10.1. The number of benzene rings is 2. The third kappa shape index (κ3) is 6.23. The Kier molecular flexibility index (Phi) is 8.59. The summed E-state index contributed by atoms with van der Waals surface area (Å²) in [6, 6.07) is 14.4. The maximum Gasteiger partial charge on any atom is 0.256 e. The molecule has 1 unspecified atom stereocenters. The molecule has 0 saturated carbocycles. The Morgan fingerprint density at radius 3 is 2.36 bits per heavy atom. The first-order valence-electron chi connectivity index (χ1n) is 12.8. The molecule has 192 valence electrons. The zero-order valence-corrected chi connectivity index (χ0v) is 22.2. The van der Waals surface area contributed by atoms with Gasteiger partial charge >= 0.3 is 0 Å². The molecule has 0 bridgehead atoms. The van der Waals surface area contributed by atoms with Crippen molar-refractivity contribution in [3.05, 3.63) is 54.1 Å². The molecule has 2 aromatic rings. The number of thiocarbonyl (C=S) groups is 1. The normalized spacial score (nSPS) is 19.1. The highest BCUT2D eigenvalue weighted by Gasteiger charge is 2.44. The van der Waals surface area contributed by atoms with Crippen molar-refractivity contribution in [3.8, 4) is 5.75 Å². The Bertz CT molecular complexity index is 1070. The third-order valence-electron chi connectivity index (χ3n) is 6.97.